The van der Waals surface area contributed by atoms with Crippen LogP contribution in [0.1, 0.15) is 86.5 Å². The van der Waals surface area contributed by atoms with Crippen molar-refractivity contribution in [1.82, 2.24) is 10.6 Å². The molecule has 5 fully saturated rings. The molecule has 4 heterocycles. The number of fused-ring (bicyclic) bond motifs is 2. The van der Waals surface area contributed by atoms with Gasteiger partial charge in [-0.3, -0.25) is 19.2 Å². The number of rotatable bonds is 10. The molecule has 5 rings (SSSR count). The van der Waals surface area contributed by atoms with E-state index in [0.717, 1.165) is 19.3 Å². The van der Waals surface area contributed by atoms with E-state index in [0.29, 0.717) is 18.8 Å². The number of carbonyl (C=O) groups is 4. The number of aliphatic carboxylic acids is 1. The van der Waals surface area contributed by atoms with Crippen molar-refractivity contribution in [2.45, 2.75) is 123 Å². The molecule has 10 atom stereocenters. The quantitative estimate of drug-likeness (QED) is 0.264. The first-order chi connectivity index (χ1) is 18.8. The van der Waals surface area contributed by atoms with E-state index in [1.807, 2.05) is 27.7 Å². The van der Waals surface area contributed by atoms with Crippen LogP contribution in [0.5, 0.6) is 0 Å². The normalized spacial score (nSPS) is 38.0. The average Bonchev–Trinajstić information content (AvgIpc) is 3.10. The summed E-state index contributed by atoms with van der Waals surface area (Å²) >= 11 is 0. The van der Waals surface area contributed by atoms with Gasteiger partial charge >= 0.3 is 11.9 Å². The van der Waals surface area contributed by atoms with Gasteiger partial charge in [0, 0.05) is 24.7 Å². The summed E-state index contributed by atoms with van der Waals surface area (Å²) in [5.74, 6) is -3.33. The maximum absolute atomic E-state index is 12.8. The monoisotopic (exact) mass is 568 g/mol. The molecule has 1 aliphatic carbocycles. The zero-order valence-corrected chi connectivity index (χ0v) is 24.3. The smallest absolute Gasteiger partial charge is 0.325 e. The molecular weight excluding hydrogens is 524 g/mol. The number of ether oxygens (including phenoxy) is 3. The van der Waals surface area contributed by atoms with E-state index >= 15 is 0 Å². The Labute approximate surface area is 235 Å². The molecule has 2 bridgehead atoms. The van der Waals surface area contributed by atoms with Gasteiger partial charge in [0.1, 0.15) is 12.1 Å². The second-order valence-corrected chi connectivity index (χ2v) is 12.6. The van der Waals surface area contributed by atoms with Gasteiger partial charge in [-0.05, 0) is 57.3 Å². The second-order valence-electron chi connectivity index (χ2n) is 12.6. The topological polar surface area (TPSA) is 159 Å². The predicted molar refractivity (Wildman–Crippen MR) is 139 cm³/mol. The third-order valence-electron chi connectivity index (χ3n) is 8.99. The highest BCUT2D eigenvalue weighted by atomic mass is 17.3. The van der Waals surface area contributed by atoms with Gasteiger partial charge in [0.25, 0.3) is 0 Å². The van der Waals surface area contributed by atoms with Crippen molar-refractivity contribution in [3.8, 4) is 0 Å². The molecule has 0 aromatic carbocycles. The van der Waals surface area contributed by atoms with Gasteiger partial charge in [-0.25, -0.2) is 9.78 Å². The Kier molecular flexibility index (Phi) is 9.13. The van der Waals surface area contributed by atoms with Crippen LogP contribution < -0.4 is 10.6 Å². The largest absolute Gasteiger partial charge is 0.480 e. The molecule has 4 saturated heterocycles. The van der Waals surface area contributed by atoms with E-state index < -0.39 is 59.8 Å². The molecule has 5 aliphatic rings. The molecule has 3 N–H and O–H groups in total. The fraction of sp³-hybridized carbons (Fsp3) is 0.857. The number of hydrogen-bond acceptors (Lipinski definition) is 9. The molecule has 2 amide bonds. The van der Waals surface area contributed by atoms with Crippen LogP contribution in [-0.2, 0) is 43.2 Å². The van der Waals surface area contributed by atoms with Crippen LogP contribution in [0.2, 0.25) is 0 Å². The van der Waals surface area contributed by atoms with Crippen molar-refractivity contribution in [2.24, 2.45) is 29.6 Å². The maximum atomic E-state index is 12.8. The molecule has 40 heavy (non-hydrogen) atoms. The minimum atomic E-state index is -1.18. The van der Waals surface area contributed by atoms with E-state index in [1.54, 1.807) is 0 Å². The summed E-state index contributed by atoms with van der Waals surface area (Å²) < 4.78 is 18.3. The van der Waals surface area contributed by atoms with Crippen LogP contribution in [0.15, 0.2) is 0 Å². The Morgan fingerprint density at radius 1 is 1.00 bits per heavy atom. The van der Waals surface area contributed by atoms with Crippen molar-refractivity contribution < 1.29 is 48.3 Å². The summed E-state index contributed by atoms with van der Waals surface area (Å²) in [6.45, 7) is 11.1. The van der Waals surface area contributed by atoms with Crippen LogP contribution in [0.4, 0.5) is 0 Å². The summed E-state index contributed by atoms with van der Waals surface area (Å²) in [6.07, 6.45) is 1.75. The molecule has 0 aromatic heterocycles. The Morgan fingerprint density at radius 3 is 2.40 bits per heavy atom. The Morgan fingerprint density at radius 2 is 1.73 bits per heavy atom. The highest BCUT2D eigenvalue weighted by molar-refractivity contribution is 5.91. The molecule has 226 valence electrons. The minimum absolute atomic E-state index is 0.000281. The molecule has 12 heteroatoms. The number of carboxylic acid groups (broad SMARTS) is 1. The Balaban J connectivity index is 1.35. The molecule has 1 saturated carbocycles. The zero-order chi connectivity index (χ0) is 29.4. The van der Waals surface area contributed by atoms with E-state index in [1.165, 1.54) is 6.92 Å². The Hall–Kier alpha value is -2.28. The van der Waals surface area contributed by atoms with Gasteiger partial charge in [-0.2, -0.15) is 0 Å². The van der Waals surface area contributed by atoms with Gasteiger partial charge in [0.15, 0.2) is 11.9 Å². The minimum Gasteiger partial charge on any atom is -0.480 e. The van der Waals surface area contributed by atoms with Gasteiger partial charge in [-0.1, -0.05) is 27.7 Å². The highest BCUT2D eigenvalue weighted by Gasteiger charge is 2.69. The fourth-order valence-corrected chi connectivity index (χ4v) is 6.76. The third-order valence-corrected chi connectivity index (χ3v) is 8.99. The Bertz CT molecular complexity index is 990. The van der Waals surface area contributed by atoms with Gasteiger partial charge in [-0.15, -0.1) is 0 Å². The highest BCUT2D eigenvalue weighted by Crippen LogP contribution is 2.60. The summed E-state index contributed by atoms with van der Waals surface area (Å²) in [7, 11) is 0. The molecular formula is C28H44N2O10. The first-order valence-electron chi connectivity index (χ1n) is 14.5. The number of carboxylic acids is 1. The first kappa shape index (κ1) is 30.7. The fourth-order valence-electron chi connectivity index (χ4n) is 6.76. The van der Waals surface area contributed by atoms with Gasteiger partial charge in [0.2, 0.25) is 23.9 Å². The number of carbonyl (C=O) groups excluding carboxylic acids is 3. The number of amides is 2. The maximum Gasteiger partial charge on any atom is 0.325 e. The molecule has 12 nitrogen and oxygen atoms in total. The lowest BCUT2D eigenvalue weighted by Gasteiger charge is -2.59. The molecule has 0 unspecified atom stereocenters. The number of esters is 1. The van der Waals surface area contributed by atoms with Gasteiger partial charge in [0.05, 0.1) is 6.42 Å². The average molecular weight is 569 g/mol. The lowest BCUT2D eigenvalue weighted by atomic mass is 9.58. The van der Waals surface area contributed by atoms with Crippen LogP contribution in [0.25, 0.3) is 0 Å². The van der Waals surface area contributed by atoms with E-state index in [4.69, 9.17) is 29.1 Å². The van der Waals surface area contributed by atoms with E-state index in [9.17, 15) is 19.2 Å². The van der Waals surface area contributed by atoms with Crippen LogP contribution in [-0.4, -0.2) is 64.9 Å². The molecule has 1 spiro atoms. The van der Waals surface area contributed by atoms with Crippen LogP contribution in [0.3, 0.4) is 0 Å². The summed E-state index contributed by atoms with van der Waals surface area (Å²) in [5.41, 5.74) is -0.764. The van der Waals surface area contributed by atoms with Crippen LogP contribution in [0, 0.1) is 29.6 Å². The second kappa shape index (κ2) is 11.9. The summed E-state index contributed by atoms with van der Waals surface area (Å²) in [4.78, 5) is 61.0. The first-order valence-corrected chi connectivity index (χ1v) is 14.5. The van der Waals surface area contributed by atoms with Gasteiger partial charge < -0.3 is 30.0 Å². The van der Waals surface area contributed by atoms with Crippen molar-refractivity contribution in [3.05, 3.63) is 0 Å². The molecule has 0 aromatic rings. The van der Waals surface area contributed by atoms with Crippen molar-refractivity contribution in [2.75, 3.05) is 0 Å². The lowest BCUT2D eigenvalue weighted by Crippen LogP contribution is -2.70. The zero-order valence-electron chi connectivity index (χ0n) is 24.3. The van der Waals surface area contributed by atoms with E-state index in [-0.39, 0.29) is 36.5 Å². The third kappa shape index (κ3) is 6.14. The summed E-state index contributed by atoms with van der Waals surface area (Å²) in [5, 5.41) is 14.1. The molecule has 0 radical (unpaired) electrons. The predicted octanol–water partition coefficient (Wildman–Crippen LogP) is 2.64. The number of nitrogens with one attached hydrogen (secondary N) is 2. The lowest BCUT2D eigenvalue weighted by molar-refractivity contribution is -0.576. The van der Waals surface area contributed by atoms with E-state index in [2.05, 4.69) is 17.6 Å². The van der Waals surface area contributed by atoms with Crippen LogP contribution >= 0.6 is 0 Å². The van der Waals surface area contributed by atoms with Crippen molar-refractivity contribution in [3.63, 3.8) is 0 Å². The molecule has 4 aliphatic heterocycles. The SMILES string of the molecule is CC(C)C[C@H](NC(=O)CCC(=O)O[C@@H]1O[C@H]2O[C@]3(C)CC[C@H]4[C@H](C)CC[C@H]([C@H]1C)[C@@]24OO3)C(=O)N[C@@H](C)C(=O)O. The standard InChI is InChI=1S/C28H44N2O10/c1-14(2)13-20(23(33)29-17(5)24(34)35)30-21(31)9-10-22(32)36-25-16(4)19-8-7-15(3)18-11-12-27(6)38-26(37-25)28(18,19)40-39-27/h14-20,25-26H,7-13H2,1-6H3,(H,29,33)(H,30,31)(H,34,35)/t15-,16-,17+,18+,19-,20+,25-,26+,27+,28-/m1/s1. The van der Waals surface area contributed by atoms with Crippen molar-refractivity contribution in [1.29, 1.82) is 0 Å². The summed E-state index contributed by atoms with van der Waals surface area (Å²) in [6, 6.07) is -2.02. The van der Waals surface area contributed by atoms with Crippen molar-refractivity contribution >= 4 is 23.8 Å². The number of hydrogen-bond donors (Lipinski definition) is 3.